The topological polar surface area (TPSA) is 123 Å². The van der Waals surface area contributed by atoms with Crippen molar-refractivity contribution in [1.29, 1.82) is 0 Å². The smallest absolute Gasteiger partial charge is 0.325 e. The molecule has 0 aliphatic heterocycles. The van der Waals surface area contributed by atoms with Gasteiger partial charge in [-0.15, -0.1) is 0 Å². The first-order chi connectivity index (χ1) is 15.0. The lowest BCUT2D eigenvalue weighted by atomic mass is 10.1. The van der Waals surface area contributed by atoms with E-state index in [1.807, 2.05) is 0 Å². The quantitative estimate of drug-likeness (QED) is 0.523. The van der Waals surface area contributed by atoms with Crippen molar-refractivity contribution in [2.45, 2.75) is 18.9 Å². The summed E-state index contributed by atoms with van der Waals surface area (Å²) in [5.41, 5.74) is 0.985. The molecule has 3 N–H and O–H groups in total. The molecule has 31 heavy (non-hydrogen) atoms. The number of carbonyl (C=O) groups is 4. The van der Waals surface area contributed by atoms with E-state index in [-0.39, 0.29) is 11.9 Å². The third-order valence-corrected chi connectivity index (χ3v) is 4.45. The molecule has 162 valence electrons. The number of para-hydroxylation sites is 1. The normalized spacial score (nSPS) is 12.4. The van der Waals surface area contributed by atoms with Crippen molar-refractivity contribution in [2.24, 2.45) is 0 Å². The number of esters is 1. The van der Waals surface area contributed by atoms with Crippen LogP contribution in [0.2, 0.25) is 0 Å². The minimum absolute atomic E-state index is 0.185. The van der Waals surface area contributed by atoms with Crippen LogP contribution in [0, 0.1) is 0 Å². The zero-order valence-corrected chi connectivity index (χ0v) is 17.0. The van der Waals surface area contributed by atoms with Gasteiger partial charge >= 0.3 is 5.97 Å². The van der Waals surface area contributed by atoms with Gasteiger partial charge < -0.3 is 25.4 Å². The van der Waals surface area contributed by atoms with Gasteiger partial charge in [-0.2, -0.15) is 0 Å². The Kier molecular flexibility index (Phi) is 7.21. The maximum Gasteiger partial charge on any atom is 0.325 e. The fourth-order valence-corrected chi connectivity index (χ4v) is 2.68. The van der Waals surface area contributed by atoms with E-state index in [2.05, 4.69) is 16.0 Å². The maximum absolute atomic E-state index is 12.3. The second kappa shape index (κ2) is 10.2. The third kappa shape index (κ3) is 6.56. The summed E-state index contributed by atoms with van der Waals surface area (Å²) in [6.07, 6.45) is 1.90. The molecule has 0 heterocycles. The highest BCUT2D eigenvalue weighted by molar-refractivity contribution is 6.04. The number of nitrogens with one attached hydrogen (secondary N) is 3. The predicted octanol–water partition coefficient (Wildman–Crippen LogP) is 1.50. The van der Waals surface area contributed by atoms with Crippen LogP contribution in [-0.4, -0.2) is 50.0 Å². The SMILES string of the molecule is COc1cccc(C(=O)NCC(=O)OCC(=O)Nc2ccccc2C(=O)NC2CC2)c1. The monoisotopic (exact) mass is 425 g/mol. The second-order valence-corrected chi connectivity index (χ2v) is 6.92. The van der Waals surface area contributed by atoms with Gasteiger partial charge in [0.2, 0.25) is 0 Å². The average Bonchev–Trinajstić information content (AvgIpc) is 3.60. The zero-order chi connectivity index (χ0) is 22.2. The van der Waals surface area contributed by atoms with Gasteiger partial charge in [0.05, 0.1) is 18.4 Å². The fraction of sp³-hybridized carbons (Fsp3) is 0.273. The van der Waals surface area contributed by atoms with Gasteiger partial charge in [0.15, 0.2) is 6.61 Å². The molecule has 0 bridgehead atoms. The number of ether oxygens (including phenoxy) is 2. The summed E-state index contributed by atoms with van der Waals surface area (Å²) in [5.74, 6) is -1.60. The van der Waals surface area contributed by atoms with Gasteiger partial charge in [0, 0.05) is 11.6 Å². The molecule has 1 aliphatic carbocycles. The van der Waals surface area contributed by atoms with Crippen molar-refractivity contribution < 1.29 is 28.7 Å². The number of methoxy groups -OCH3 is 1. The summed E-state index contributed by atoms with van der Waals surface area (Å²) >= 11 is 0. The number of benzene rings is 2. The first-order valence-corrected chi connectivity index (χ1v) is 9.74. The lowest BCUT2D eigenvalue weighted by molar-refractivity contribution is -0.146. The molecular formula is C22H23N3O6. The fourth-order valence-electron chi connectivity index (χ4n) is 2.68. The van der Waals surface area contributed by atoms with Crippen LogP contribution < -0.4 is 20.7 Å². The maximum atomic E-state index is 12.3. The highest BCUT2D eigenvalue weighted by atomic mass is 16.5. The lowest BCUT2D eigenvalue weighted by Crippen LogP contribution is -2.32. The van der Waals surface area contributed by atoms with Gasteiger partial charge in [0.1, 0.15) is 12.3 Å². The molecule has 1 aliphatic rings. The van der Waals surface area contributed by atoms with Gasteiger partial charge in [-0.1, -0.05) is 18.2 Å². The van der Waals surface area contributed by atoms with E-state index in [1.54, 1.807) is 42.5 Å². The molecule has 0 radical (unpaired) electrons. The Morgan fingerprint density at radius 3 is 2.52 bits per heavy atom. The van der Waals surface area contributed by atoms with Crippen molar-refractivity contribution in [3.05, 3.63) is 59.7 Å². The second-order valence-electron chi connectivity index (χ2n) is 6.92. The van der Waals surface area contributed by atoms with E-state index >= 15 is 0 Å². The number of amides is 3. The van der Waals surface area contributed by atoms with Gasteiger partial charge in [0.25, 0.3) is 17.7 Å². The molecule has 0 aromatic heterocycles. The van der Waals surface area contributed by atoms with Crippen LogP contribution in [-0.2, 0) is 14.3 Å². The van der Waals surface area contributed by atoms with Crippen LogP contribution in [0.4, 0.5) is 5.69 Å². The van der Waals surface area contributed by atoms with Gasteiger partial charge in [-0.05, 0) is 43.2 Å². The number of hydrogen-bond donors (Lipinski definition) is 3. The largest absolute Gasteiger partial charge is 0.497 e. The van der Waals surface area contributed by atoms with E-state index in [4.69, 9.17) is 9.47 Å². The summed E-state index contributed by atoms with van der Waals surface area (Å²) < 4.78 is 9.94. The van der Waals surface area contributed by atoms with E-state index in [1.165, 1.54) is 13.2 Å². The van der Waals surface area contributed by atoms with E-state index in [9.17, 15) is 19.2 Å². The molecule has 1 saturated carbocycles. The summed E-state index contributed by atoms with van der Waals surface area (Å²) in [4.78, 5) is 48.4. The van der Waals surface area contributed by atoms with Crippen molar-refractivity contribution >= 4 is 29.4 Å². The Balaban J connectivity index is 1.44. The molecule has 2 aromatic carbocycles. The van der Waals surface area contributed by atoms with Crippen molar-refractivity contribution in [3.8, 4) is 5.75 Å². The number of carbonyl (C=O) groups excluding carboxylic acids is 4. The lowest BCUT2D eigenvalue weighted by Gasteiger charge is -2.11. The Hall–Kier alpha value is -3.88. The van der Waals surface area contributed by atoms with Crippen molar-refractivity contribution in [2.75, 3.05) is 25.6 Å². The summed E-state index contributed by atoms with van der Waals surface area (Å²) in [5, 5.41) is 7.84. The van der Waals surface area contributed by atoms with Crippen LogP contribution >= 0.6 is 0 Å². The minimum atomic E-state index is -0.772. The summed E-state index contributed by atoms with van der Waals surface area (Å²) in [6.45, 7) is -0.948. The Morgan fingerprint density at radius 1 is 1.00 bits per heavy atom. The van der Waals surface area contributed by atoms with Crippen LogP contribution in [0.15, 0.2) is 48.5 Å². The molecule has 3 amide bonds. The first kappa shape index (κ1) is 21.8. The first-order valence-electron chi connectivity index (χ1n) is 9.74. The minimum Gasteiger partial charge on any atom is -0.497 e. The van der Waals surface area contributed by atoms with Crippen LogP contribution in [0.1, 0.15) is 33.6 Å². The van der Waals surface area contributed by atoms with Crippen LogP contribution in [0.5, 0.6) is 5.75 Å². The predicted molar refractivity (Wildman–Crippen MR) is 112 cm³/mol. The zero-order valence-electron chi connectivity index (χ0n) is 17.0. The van der Waals surface area contributed by atoms with E-state index < -0.39 is 30.9 Å². The molecule has 2 aromatic rings. The van der Waals surface area contributed by atoms with E-state index in [0.29, 0.717) is 22.6 Å². The number of hydrogen-bond acceptors (Lipinski definition) is 6. The Morgan fingerprint density at radius 2 is 1.77 bits per heavy atom. The molecule has 9 heteroatoms. The highest BCUT2D eigenvalue weighted by Crippen LogP contribution is 2.21. The molecule has 0 saturated heterocycles. The molecule has 0 atom stereocenters. The number of anilines is 1. The molecular weight excluding hydrogens is 402 g/mol. The summed E-state index contributed by atoms with van der Waals surface area (Å²) in [6, 6.07) is 13.2. The summed E-state index contributed by atoms with van der Waals surface area (Å²) in [7, 11) is 1.48. The standard InChI is InChI=1S/C22H23N3O6/c1-30-16-6-4-5-14(11-16)21(28)23-12-20(27)31-13-19(26)25-18-8-3-2-7-17(18)22(29)24-15-9-10-15/h2-8,11,15H,9-10,12-13H2,1H3,(H,23,28)(H,24,29)(H,25,26). The van der Waals surface area contributed by atoms with E-state index in [0.717, 1.165) is 12.8 Å². The molecule has 1 fully saturated rings. The Bertz CT molecular complexity index is 987. The highest BCUT2D eigenvalue weighted by Gasteiger charge is 2.25. The van der Waals surface area contributed by atoms with Crippen molar-refractivity contribution in [1.82, 2.24) is 10.6 Å². The van der Waals surface area contributed by atoms with Crippen LogP contribution in [0.3, 0.4) is 0 Å². The van der Waals surface area contributed by atoms with Crippen LogP contribution in [0.25, 0.3) is 0 Å². The molecule has 0 unspecified atom stereocenters. The number of rotatable bonds is 9. The molecule has 0 spiro atoms. The third-order valence-electron chi connectivity index (χ3n) is 4.45. The average molecular weight is 425 g/mol. The van der Waals surface area contributed by atoms with Crippen molar-refractivity contribution in [3.63, 3.8) is 0 Å². The van der Waals surface area contributed by atoms with Gasteiger partial charge in [-0.25, -0.2) is 0 Å². The molecule has 9 nitrogen and oxygen atoms in total. The molecule has 3 rings (SSSR count). The van der Waals surface area contributed by atoms with Gasteiger partial charge in [-0.3, -0.25) is 19.2 Å². The Labute approximate surface area is 179 Å².